The van der Waals surface area contributed by atoms with Crippen molar-refractivity contribution in [3.8, 4) is 11.5 Å². The number of aromatic hydroxyl groups is 2. The second kappa shape index (κ2) is 9.23. The molecule has 164 valence electrons. The minimum absolute atomic E-state index is 0.0818. The van der Waals surface area contributed by atoms with Gasteiger partial charge in [0.15, 0.2) is 0 Å². The Balaban J connectivity index is 1.46. The van der Waals surface area contributed by atoms with Gasteiger partial charge in [0.05, 0.1) is 16.8 Å². The number of phenolic OH excluding ortho intramolecular Hbond substituents is 2. The van der Waals surface area contributed by atoms with Gasteiger partial charge in [-0.15, -0.1) is 11.3 Å². The Bertz CT molecular complexity index is 1220. The molecule has 0 bridgehead atoms. The third kappa shape index (κ3) is 4.65. The molecular formula is C24H23N3O4S. The van der Waals surface area contributed by atoms with Gasteiger partial charge in [-0.2, -0.15) is 5.10 Å². The highest BCUT2D eigenvalue weighted by molar-refractivity contribution is 7.10. The van der Waals surface area contributed by atoms with Crippen LogP contribution in [0.25, 0.3) is 0 Å². The molecule has 0 aliphatic heterocycles. The summed E-state index contributed by atoms with van der Waals surface area (Å²) in [6.07, 6.45) is 4.28. The van der Waals surface area contributed by atoms with Crippen molar-refractivity contribution in [1.29, 1.82) is 0 Å². The SMILES string of the molecule is C/C(=N\NC(=O)c1cc(O)ccc1O)c1cccc(NC(=O)c2csc3c2CCCC3)c1. The van der Waals surface area contributed by atoms with Gasteiger partial charge in [0.2, 0.25) is 0 Å². The van der Waals surface area contributed by atoms with Crippen LogP contribution in [0.5, 0.6) is 11.5 Å². The molecule has 0 fully saturated rings. The molecule has 7 nitrogen and oxygen atoms in total. The highest BCUT2D eigenvalue weighted by atomic mass is 32.1. The molecule has 1 aliphatic rings. The number of nitrogens with one attached hydrogen (secondary N) is 2. The summed E-state index contributed by atoms with van der Waals surface area (Å²) in [7, 11) is 0. The molecule has 0 unspecified atom stereocenters. The van der Waals surface area contributed by atoms with Crippen LogP contribution in [0, 0.1) is 0 Å². The van der Waals surface area contributed by atoms with Gasteiger partial charge in [-0.3, -0.25) is 9.59 Å². The zero-order valence-corrected chi connectivity index (χ0v) is 18.3. The van der Waals surface area contributed by atoms with E-state index >= 15 is 0 Å². The first-order valence-electron chi connectivity index (χ1n) is 10.3. The highest BCUT2D eigenvalue weighted by Gasteiger charge is 2.20. The lowest BCUT2D eigenvalue weighted by molar-refractivity contribution is 0.0951. The summed E-state index contributed by atoms with van der Waals surface area (Å²) in [5, 5.41) is 28.3. The molecule has 32 heavy (non-hydrogen) atoms. The topological polar surface area (TPSA) is 111 Å². The van der Waals surface area contributed by atoms with E-state index in [4.69, 9.17) is 0 Å². The lowest BCUT2D eigenvalue weighted by Crippen LogP contribution is -2.19. The number of nitrogens with zero attached hydrogens (tertiary/aromatic N) is 1. The number of carbonyl (C=O) groups excluding carboxylic acids is 2. The number of amides is 2. The zero-order valence-electron chi connectivity index (χ0n) is 17.5. The number of fused-ring (bicyclic) bond motifs is 1. The van der Waals surface area contributed by atoms with Crippen LogP contribution >= 0.6 is 11.3 Å². The summed E-state index contributed by atoms with van der Waals surface area (Å²) < 4.78 is 0. The highest BCUT2D eigenvalue weighted by Crippen LogP contribution is 2.30. The van der Waals surface area contributed by atoms with Crippen LogP contribution in [0.2, 0.25) is 0 Å². The quantitative estimate of drug-likeness (QED) is 0.262. The number of anilines is 1. The minimum Gasteiger partial charge on any atom is -0.508 e. The van der Waals surface area contributed by atoms with Gasteiger partial charge in [0.1, 0.15) is 11.5 Å². The zero-order chi connectivity index (χ0) is 22.7. The van der Waals surface area contributed by atoms with Gasteiger partial charge < -0.3 is 15.5 Å². The first kappa shape index (κ1) is 21.6. The third-order valence-electron chi connectivity index (χ3n) is 5.39. The Morgan fingerprint density at radius 3 is 2.66 bits per heavy atom. The van der Waals surface area contributed by atoms with E-state index in [1.807, 2.05) is 11.4 Å². The van der Waals surface area contributed by atoms with E-state index in [9.17, 15) is 19.8 Å². The fraction of sp³-hybridized carbons (Fsp3) is 0.208. The maximum absolute atomic E-state index is 12.8. The summed E-state index contributed by atoms with van der Waals surface area (Å²) in [6, 6.07) is 10.9. The summed E-state index contributed by atoms with van der Waals surface area (Å²) in [5.74, 6) is -1.16. The molecule has 0 saturated carbocycles. The Morgan fingerprint density at radius 2 is 1.81 bits per heavy atom. The Labute approximate surface area is 189 Å². The van der Waals surface area contributed by atoms with Crippen molar-refractivity contribution >= 4 is 34.6 Å². The van der Waals surface area contributed by atoms with Gasteiger partial charge in [-0.25, -0.2) is 5.43 Å². The number of thiophene rings is 1. The minimum atomic E-state index is -0.649. The molecule has 4 N–H and O–H groups in total. The number of rotatable bonds is 5. The maximum atomic E-state index is 12.8. The van der Waals surface area contributed by atoms with E-state index in [1.165, 1.54) is 29.0 Å². The van der Waals surface area contributed by atoms with Crippen molar-refractivity contribution in [3.63, 3.8) is 0 Å². The van der Waals surface area contributed by atoms with E-state index < -0.39 is 5.91 Å². The van der Waals surface area contributed by atoms with Gasteiger partial charge in [0, 0.05) is 15.9 Å². The Kier molecular flexibility index (Phi) is 6.23. The van der Waals surface area contributed by atoms with Crippen molar-refractivity contribution in [3.05, 3.63) is 75.0 Å². The van der Waals surface area contributed by atoms with Crippen LogP contribution in [0.3, 0.4) is 0 Å². The lowest BCUT2D eigenvalue weighted by atomic mass is 9.95. The molecule has 4 rings (SSSR count). The van der Waals surface area contributed by atoms with E-state index in [-0.39, 0.29) is 23.0 Å². The molecule has 2 amide bonds. The number of hydrogen-bond donors (Lipinski definition) is 4. The van der Waals surface area contributed by atoms with Crippen LogP contribution in [0.15, 0.2) is 52.9 Å². The van der Waals surface area contributed by atoms with Crippen molar-refractivity contribution in [1.82, 2.24) is 5.43 Å². The van der Waals surface area contributed by atoms with Crippen LogP contribution in [0.4, 0.5) is 5.69 Å². The Hall–Kier alpha value is -3.65. The molecule has 0 atom stereocenters. The second-order valence-corrected chi connectivity index (χ2v) is 8.60. The smallest absolute Gasteiger partial charge is 0.275 e. The predicted molar refractivity (Wildman–Crippen MR) is 125 cm³/mol. The fourth-order valence-corrected chi connectivity index (χ4v) is 4.80. The summed E-state index contributed by atoms with van der Waals surface area (Å²) >= 11 is 1.65. The van der Waals surface area contributed by atoms with Crippen molar-refractivity contribution < 1.29 is 19.8 Å². The molecular weight excluding hydrogens is 426 g/mol. The predicted octanol–water partition coefficient (Wildman–Crippen LogP) is 4.44. The van der Waals surface area contributed by atoms with Crippen LogP contribution in [-0.2, 0) is 12.8 Å². The molecule has 0 spiro atoms. The van der Waals surface area contributed by atoms with Crippen molar-refractivity contribution in [2.45, 2.75) is 32.6 Å². The number of hydrazone groups is 1. The van der Waals surface area contributed by atoms with Crippen LogP contribution < -0.4 is 10.7 Å². The average Bonchev–Trinajstić information content (AvgIpc) is 3.23. The van der Waals surface area contributed by atoms with E-state index in [0.29, 0.717) is 11.4 Å². The van der Waals surface area contributed by atoms with Crippen molar-refractivity contribution in [2.75, 3.05) is 5.32 Å². The molecule has 8 heteroatoms. The van der Waals surface area contributed by atoms with Gasteiger partial charge in [0.25, 0.3) is 11.8 Å². The average molecular weight is 450 g/mol. The number of phenols is 2. The lowest BCUT2D eigenvalue weighted by Gasteiger charge is -2.13. The number of carbonyl (C=O) groups is 2. The first-order valence-corrected chi connectivity index (χ1v) is 11.2. The maximum Gasteiger partial charge on any atom is 0.275 e. The van der Waals surface area contributed by atoms with Crippen LogP contribution in [0.1, 0.15) is 56.5 Å². The van der Waals surface area contributed by atoms with E-state index in [2.05, 4.69) is 15.8 Å². The molecule has 0 radical (unpaired) electrons. The Morgan fingerprint density at radius 1 is 1.00 bits per heavy atom. The first-order chi connectivity index (χ1) is 15.4. The molecule has 2 aromatic carbocycles. The fourth-order valence-electron chi connectivity index (χ4n) is 3.67. The number of benzene rings is 2. The van der Waals surface area contributed by atoms with Gasteiger partial charge in [-0.1, -0.05) is 12.1 Å². The second-order valence-electron chi connectivity index (χ2n) is 7.63. The summed E-state index contributed by atoms with van der Waals surface area (Å²) in [5.41, 5.74) is 6.08. The molecule has 0 saturated heterocycles. The normalized spacial score (nSPS) is 13.3. The molecule has 3 aromatic rings. The monoisotopic (exact) mass is 449 g/mol. The van der Waals surface area contributed by atoms with E-state index in [0.717, 1.165) is 36.5 Å². The van der Waals surface area contributed by atoms with E-state index in [1.54, 1.807) is 36.5 Å². The largest absolute Gasteiger partial charge is 0.508 e. The van der Waals surface area contributed by atoms with Gasteiger partial charge in [-0.05, 0) is 74.1 Å². The number of aryl methyl sites for hydroxylation is 1. The van der Waals surface area contributed by atoms with Crippen LogP contribution in [-0.4, -0.2) is 27.7 Å². The summed E-state index contributed by atoms with van der Waals surface area (Å²) in [4.78, 5) is 26.4. The molecule has 1 aliphatic carbocycles. The molecule has 1 heterocycles. The van der Waals surface area contributed by atoms with Gasteiger partial charge >= 0.3 is 0 Å². The number of hydrogen-bond acceptors (Lipinski definition) is 6. The molecule has 1 aromatic heterocycles. The third-order valence-corrected chi connectivity index (χ3v) is 6.48. The summed E-state index contributed by atoms with van der Waals surface area (Å²) in [6.45, 7) is 1.72. The van der Waals surface area contributed by atoms with Crippen molar-refractivity contribution in [2.24, 2.45) is 5.10 Å². The standard InChI is InChI=1S/C24H23N3O4S/c1-14(26-27-24(31)19-12-17(28)9-10-21(19)29)15-5-4-6-16(11-15)25-23(30)20-13-32-22-8-3-2-7-18(20)22/h4-6,9-13,28-29H,2-3,7-8H2,1H3,(H,25,30)(H,27,31)/b26-14+.